The number of nitrogens with zero attached hydrogens (tertiary/aromatic N) is 1. The molecule has 0 aliphatic rings. The van der Waals surface area contributed by atoms with Crippen molar-refractivity contribution in [1.82, 2.24) is 0 Å². The first-order valence-electron chi connectivity index (χ1n) is 4.81. The number of hydrogen-bond acceptors (Lipinski definition) is 4. The summed E-state index contributed by atoms with van der Waals surface area (Å²) in [5.41, 5.74) is 0.128. The Labute approximate surface area is 101 Å². The lowest BCUT2D eigenvalue weighted by molar-refractivity contribution is -0.136. The minimum Gasteiger partial charge on any atom is -0.481 e. The average molecular weight is 257 g/mol. The van der Waals surface area contributed by atoms with Gasteiger partial charge in [0.1, 0.15) is 11.8 Å². The van der Waals surface area contributed by atoms with E-state index in [1.165, 1.54) is 0 Å². The third-order valence-corrected chi connectivity index (χ3v) is 2.15. The number of carboxylic acids is 1. The molecule has 1 aromatic rings. The molecule has 0 unspecified atom stereocenters. The van der Waals surface area contributed by atoms with Crippen molar-refractivity contribution >= 4 is 5.97 Å². The van der Waals surface area contributed by atoms with Gasteiger partial charge < -0.3 is 14.9 Å². The number of ether oxygens (including phenoxy) is 1. The Bertz CT molecular complexity index is 497. The van der Waals surface area contributed by atoms with Crippen molar-refractivity contribution in [3.8, 4) is 11.8 Å². The highest BCUT2D eigenvalue weighted by Crippen LogP contribution is 2.25. The zero-order valence-corrected chi connectivity index (χ0v) is 9.06. The number of nitriles is 1. The quantitative estimate of drug-likeness (QED) is 0.829. The van der Waals surface area contributed by atoms with E-state index in [4.69, 9.17) is 15.5 Å². The second-order valence-corrected chi connectivity index (χ2v) is 3.34. The maximum absolute atomic E-state index is 12.1. The van der Waals surface area contributed by atoms with Crippen LogP contribution in [0.5, 0.6) is 5.75 Å². The van der Waals surface area contributed by atoms with E-state index in [0.29, 0.717) is 0 Å². The fourth-order valence-electron chi connectivity index (χ4n) is 1.42. The van der Waals surface area contributed by atoms with Crippen LogP contribution in [0.2, 0.25) is 0 Å². The molecule has 96 valence electrons. The van der Waals surface area contributed by atoms with Crippen LogP contribution in [0.4, 0.5) is 8.78 Å². The van der Waals surface area contributed by atoms with E-state index in [1.54, 1.807) is 6.07 Å². The number of alkyl halides is 2. The fraction of sp³-hybridized carbons (Fsp3) is 0.273. The minimum atomic E-state index is -3.12. The molecule has 7 heteroatoms. The molecule has 0 heterocycles. The number of carbonyl (C=O) groups is 1. The van der Waals surface area contributed by atoms with Crippen molar-refractivity contribution in [2.75, 3.05) is 0 Å². The minimum absolute atomic E-state index is 0.125. The molecule has 0 atom stereocenters. The highest BCUT2D eigenvalue weighted by Gasteiger charge is 2.15. The maximum Gasteiger partial charge on any atom is 0.387 e. The molecule has 0 bridgehead atoms. The third kappa shape index (κ3) is 3.40. The largest absolute Gasteiger partial charge is 0.481 e. The van der Waals surface area contributed by atoms with Crippen LogP contribution in [-0.2, 0) is 17.8 Å². The molecular formula is C11H9F2NO4. The summed E-state index contributed by atoms with van der Waals surface area (Å²) in [6.07, 6.45) is -0.457. The molecule has 0 aromatic heterocycles. The molecular weight excluding hydrogens is 248 g/mol. The van der Waals surface area contributed by atoms with Gasteiger partial charge in [-0.3, -0.25) is 4.79 Å². The number of carboxylic acid groups (broad SMARTS) is 1. The zero-order chi connectivity index (χ0) is 13.7. The van der Waals surface area contributed by atoms with E-state index in [1.807, 2.05) is 0 Å². The average Bonchev–Trinajstić information content (AvgIpc) is 2.28. The summed E-state index contributed by atoms with van der Waals surface area (Å²) in [5, 5.41) is 26.4. The van der Waals surface area contributed by atoms with Crippen LogP contribution in [0.25, 0.3) is 0 Å². The van der Waals surface area contributed by atoms with Crippen LogP contribution in [0.3, 0.4) is 0 Å². The number of aliphatic hydroxyl groups is 1. The summed E-state index contributed by atoms with van der Waals surface area (Å²) >= 11 is 0. The second-order valence-electron chi connectivity index (χ2n) is 3.34. The lowest BCUT2D eigenvalue weighted by atomic mass is 10.0. The van der Waals surface area contributed by atoms with Crippen LogP contribution in [-0.4, -0.2) is 22.8 Å². The van der Waals surface area contributed by atoms with E-state index >= 15 is 0 Å². The normalized spacial score (nSPS) is 10.2. The van der Waals surface area contributed by atoms with Gasteiger partial charge in [-0.05, 0) is 23.3 Å². The van der Waals surface area contributed by atoms with Gasteiger partial charge >= 0.3 is 12.6 Å². The number of rotatable bonds is 5. The van der Waals surface area contributed by atoms with Gasteiger partial charge in [0.15, 0.2) is 0 Å². The Morgan fingerprint density at radius 2 is 2.11 bits per heavy atom. The summed E-state index contributed by atoms with van der Waals surface area (Å²) in [7, 11) is 0. The molecule has 0 saturated carbocycles. The Kier molecular flexibility index (Phi) is 4.57. The Hall–Kier alpha value is -2.20. The van der Waals surface area contributed by atoms with Crippen LogP contribution in [0.1, 0.15) is 16.7 Å². The Morgan fingerprint density at radius 3 is 2.56 bits per heavy atom. The van der Waals surface area contributed by atoms with E-state index < -0.39 is 31.4 Å². The first kappa shape index (κ1) is 13.9. The number of benzene rings is 1. The van der Waals surface area contributed by atoms with Crippen LogP contribution >= 0.6 is 0 Å². The van der Waals surface area contributed by atoms with Crippen molar-refractivity contribution in [3.63, 3.8) is 0 Å². The van der Waals surface area contributed by atoms with Gasteiger partial charge in [-0.2, -0.15) is 14.0 Å². The van der Waals surface area contributed by atoms with Crippen molar-refractivity contribution in [2.45, 2.75) is 19.6 Å². The van der Waals surface area contributed by atoms with Crippen LogP contribution in [0, 0.1) is 11.3 Å². The predicted molar refractivity (Wildman–Crippen MR) is 55.1 cm³/mol. The molecule has 0 amide bonds. The highest BCUT2D eigenvalue weighted by molar-refractivity contribution is 5.71. The Balaban J connectivity index is 3.25. The van der Waals surface area contributed by atoms with Gasteiger partial charge in [-0.15, -0.1) is 0 Å². The fourth-order valence-corrected chi connectivity index (χ4v) is 1.42. The van der Waals surface area contributed by atoms with Gasteiger partial charge in [0.05, 0.1) is 18.6 Å². The second kappa shape index (κ2) is 5.93. The summed E-state index contributed by atoms with van der Waals surface area (Å²) < 4.78 is 28.4. The summed E-state index contributed by atoms with van der Waals surface area (Å²) in [6.45, 7) is -3.61. The molecule has 0 radical (unpaired) electrons. The lowest BCUT2D eigenvalue weighted by Gasteiger charge is -2.11. The summed E-state index contributed by atoms with van der Waals surface area (Å²) in [4.78, 5) is 10.6. The highest BCUT2D eigenvalue weighted by atomic mass is 19.3. The number of aliphatic carboxylic acids is 1. The molecule has 0 fully saturated rings. The maximum atomic E-state index is 12.1. The van der Waals surface area contributed by atoms with Gasteiger partial charge in [0, 0.05) is 0 Å². The molecule has 1 rings (SSSR count). The van der Waals surface area contributed by atoms with Crippen LogP contribution < -0.4 is 4.74 Å². The van der Waals surface area contributed by atoms with Gasteiger partial charge in [0.25, 0.3) is 0 Å². The van der Waals surface area contributed by atoms with Crippen molar-refractivity contribution in [1.29, 1.82) is 5.26 Å². The standard InChI is InChI=1S/C11H9F2NO4/c12-11(13)18-9-2-6(3-10(16)17)8(5-15)1-7(9)4-14/h1-2,11,15H,3,5H2,(H,16,17). The van der Waals surface area contributed by atoms with Crippen molar-refractivity contribution < 1.29 is 28.5 Å². The van der Waals surface area contributed by atoms with Crippen molar-refractivity contribution in [3.05, 3.63) is 28.8 Å². The molecule has 0 aliphatic heterocycles. The number of aliphatic hydroxyl groups excluding tert-OH is 1. The summed E-state index contributed by atoms with van der Waals surface area (Å²) in [5.74, 6) is -1.58. The first-order valence-corrected chi connectivity index (χ1v) is 4.81. The van der Waals surface area contributed by atoms with Gasteiger partial charge in [-0.1, -0.05) is 0 Å². The lowest BCUT2D eigenvalue weighted by Crippen LogP contribution is -2.08. The molecule has 0 spiro atoms. The number of hydrogen-bond donors (Lipinski definition) is 2. The summed E-state index contributed by atoms with van der Waals surface area (Å²) in [6, 6.07) is 3.81. The van der Waals surface area contributed by atoms with E-state index in [2.05, 4.69) is 4.74 Å². The number of halogens is 2. The molecule has 0 aliphatic carbocycles. The van der Waals surface area contributed by atoms with E-state index in [0.717, 1.165) is 12.1 Å². The van der Waals surface area contributed by atoms with Crippen molar-refractivity contribution in [2.24, 2.45) is 0 Å². The molecule has 1 aromatic carbocycles. The zero-order valence-electron chi connectivity index (χ0n) is 9.06. The third-order valence-electron chi connectivity index (χ3n) is 2.15. The van der Waals surface area contributed by atoms with Gasteiger partial charge in [0.2, 0.25) is 0 Å². The topological polar surface area (TPSA) is 90.5 Å². The monoisotopic (exact) mass is 257 g/mol. The first-order chi connectivity index (χ1) is 8.47. The molecule has 0 saturated heterocycles. The van der Waals surface area contributed by atoms with E-state index in [-0.39, 0.29) is 16.7 Å². The van der Waals surface area contributed by atoms with E-state index in [9.17, 15) is 13.6 Å². The van der Waals surface area contributed by atoms with Gasteiger partial charge in [-0.25, -0.2) is 0 Å². The smallest absolute Gasteiger partial charge is 0.387 e. The predicted octanol–water partition coefficient (Wildman–Crippen LogP) is 1.28. The molecule has 2 N–H and O–H groups in total. The molecule has 18 heavy (non-hydrogen) atoms. The Morgan fingerprint density at radius 1 is 1.44 bits per heavy atom. The van der Waals surface area contributed by atoms with Crippen LogP contribution in [0.15, 0.2) is 12.1 Å². The SMILES string of the molecule is N#Cc1cc(CO)c(CC(=O)O)cc1OC(F)F. The molecule has 5 nitrogen and oxygen atoms in total.